The first kappa shape index (κ1) is 11.8. The van der Waals surface area contributed by atoms with E-state index in [1.165, 1.54) is 0 Å². The smallest absolute Gasteiger partial charge is 0.223 e. The van der Waals surface area contributed by atoms with Gasteiger partial charge >= 0.3 is 0 Å². The quantitative estimate of drug-likeness (QED) is 0.705. The molecule has 4 heteroatoms. The van der Waals surface area contributed by atoms with E-state index < -0.39 is 0 Å². The van der Waals surface area contributed by atoms with Crippen LogP contribution in [-0.4, -0.2) is 35.8 Å². The predicted molar refractivity (Wildman–Crippen MR) is 58.3 cm³/mol. The maximum absolute atomic E-state index is 11.6. The van der Waals surface area contributed by atoms with Crippen molar-refractivity contribution in [3.63, 3.8) is 0 Å². The molecule has 1 heterocycles. The summed E-state index contributed by atoms with van der Waals surface area (Å²) in [4.78, 5) is 13.6. The van der Waals surface area contributed by atoms with Crippen molar-refractivity contribution in [1.29, 1.82) is 0 Å². The highest BCUT2D eigenvalue weighted by Crippen LogP contribution is 2.23. The van der Waals surface area contributed by atoms with Gasteiger partial charge in [0.1, 0.15) is 0 Å². The molecule has 1 aliphatic rings. The molecule has 14 heavy (non-hydrogen) atoms. The average Bonchev–Trinajstić information content (AvgIpc) is 2.56. The zero-order valence-corrected chi connectivity index (χ0v) is 9.46. The Morgan fingerprint density at radius 3 is 2.86 bits per heavy atom. The average molecular weight is 219 g/mol. The van der Waals surface area contributed by atoms with E-state index in [-0.39, 0.29) is 5.91 Å². The Balaban J connectivity index is 2.53. The minimum atomic E-state index is 0.246. The highest BCUT2D eigenvalue weighted by atomic mass is 35.5. The van der Waals surface area contributed by atoms with Gasteiger partial charge < -0.3 is 10.6 Å². The van der Waals surface area contributed by atoms with Crippen molar-refractivity contribution in [3.8, 4) is 0 Å². The standard InChI is InChI=1S/C10H19ClN2O/c1-2-9(3-4-12)13-7-8(6-11)5-10(13)14/h8-9H,2-7,12H2,1H3. The fourth-order valence-corrected chi connectivity index (χ4v) is 2.24. The maximum atomic E-state index is 11.6. The Labute approximate surface area is 90.6 Å². The van der Waals surface area contributed by atoms with Crippen LogP contribution in [0.25, 0.3) is 0 Å². The van der Waals surface area contributed by atoms with Crippen LogP contribution >= 0.6 is 11.6 Å². The van der Waals surface area contributed by atoms with Crippen LogP contribution < -0.4 is 5.73 Å². The molecule has 1 aliphatic heterocycles. The minimum Gasteiger partial charge on any atom is -0.339 e. The maximum Gasteiger partial charge on any atom is 0.223 e. The van der Waals surface area contributed by atoms with Gasteiger partial charge in [-0.1, -0.05) is 6.92 Å². The lowest BCUT2D eigenvalue weighted by Gasteiger charge is -2.26. The number of nitrogens with zero attached hydrogens (tertiary/aromatic N) is 1. The number of amides is 1. The fraction of sp³-hybridized carbons (Fsp3) is 0.900. The Hall–Kier alpha value is -0.280. The second-order valence-electron chi connectivity index (χ2n) is 3.91. The molecular formula is C10H19ClN2O. The van der Waals surface area contributed by atoms with Gasteiger partial charge in [-0.2, -0.15) is 0 Å². The van der Waals surface area contributed by atoms with Crippen LogP contribution in [0.15, 0.2) is 0 Å². The van der Waals surface area contributed by atoms with E-state index in [9.17, 15) is 4.79 Å². The number of carbonyl (C=O) groups excluding carboxylic acids is 1. The van der Waals surface area contributed by atoms with Crippen LogP contribution in [0.3, 0.4) is 0 Å². The van der Waals surface area contributed by atoms with Gasteiger partial charge in [-0.3, -0.25) is 4.79 Å². The molecule has 2 unspecified atom stereocenters. The number of halogens is 1. The van der Waals surface area contributed by atoms with E-state index >= 15 is 0 Å². The highest BCUT2D eigenvalue weighted by molar-refractivity contribution is 6.18. The van der Waals surface area contributed by atoms with Crippen LogP contribution in [0, 0.1) is 5.92 Å². The number of rotatable bonds is 5. The van der Waals surface area contributed by atoms with Crippen molar-refractivity contribution in [2.45, 2.75) is 32.2 Å². The van der Waals surface area contributed by atoms with Crippen molar-refractivity contribution in [2.24, 2.45) is 11.7 Å². The van der Waals surface area contributed by atoms with Crippen molar-refractivity contribution in [3.05, 3.63) is 0 Å². The lowest BCUT2D eigenvalue weighted by atomic mass is 10.1. The molecule has 0 bridgehead atoms. The first-order valence-corrected chi connectivity index (χ1v) is 5.81. The third-order valence-corrected chi connectivity index (χ3v) is 3.31. The van der Waals surface area contributed by atoms with Gasteiger partial charge in [-0.15, -0.1) is 11.6 Å². The van der Waals surface area contributed by atoms with E-state index in [0.717, 1.165) is 19.4 Å². The van der Waals surface area contributed by atoms with E-state index in [1.54, 1.807) is 0 Å². The second-order valence-corrected chi connectivity index (χ2v) is 4.22. The molecule has 0 radical (unpaired) electrons. The van der Waals surface area contributed by atoms with Crippen LogP contribution in [0.2, 0.25) is 0 Å². The van der Waals surface area contributed by atoms with Gasteiger partial charge in [0.2, 0.25) is 5.91 Å². The third-order valence-electron chi connectivity index (χ3n) is 2.87. The largest absolute Gasteiger partial charge is 0.339 e. The van der Waals surface area contributed by atoms with Gasteiger partial charge in [0.25, 0.3) is 0 Å². The summed E-state index contributed by atoms with van der Waals surface area (Å²) in [6, 6.07) is 0.320. The van der Waals surface area contributed by atoms with Gasteiger partial charge in [-0.05, 0) is 25.3 Å². The Morgan fingerprint density at radius 1 is 1.71 bits per heavy atom. The van der Waals surface area contributed by atoms with E-state index in [2.05, 4.69) is 6.92 Å². The summed E-state index contributed by atoms with van der Waals surface area (Å²) in [5, 5.41) is 0. The highest BCUT2D eigenvalue weighted by Gasteiger charge is 2.32. The molecule has 0 aromatic heterocycles. The zero-order chi connectivity index (χ0) is 10.6. The monoisotopic (exact) mass is 218 g/mol. The number of nitrogens with two attached hydrogens (primary N) is 1. The molecule has 0 aliphatic carbocycles. The second kappa shape index (κ2) is 5.56. The summed E-state index contributed by atoms with van der Waals surface area (Å²) in [7, 11) is 0. The van der Waals surface area contributed by atoms with Crippen LogP contribution in [-0.2, 0) is 4.79 Å². The molecule has 0 spiro atoms. The van der Waals surface area contributed by atoms with Crippen molar-refractivity contribution in [1.82, 2.24) is 4.90 Å². The molecule has 3 nitrogen and oxygen atoms in total. The molecule has 0 aromatic carbocycles. The first-order chi connectivity index (χ1) is 6.72. The van der Waals surface area contributed by atoms with Gasteiger partial charge in [0.15, 0.2) is 0 Å². The summed E-state index contributed by atoms with van der Waals surface area (Å²) in [6.45, 7) is 3.57. The van der Waals surface area contributed by atoms with Crippen molar-refractivity contribution < 1.29 is 4.79 Å². The lowest BCUT2D eigenvalue weighted by Crippen LogP contribution is -2.37. The fourth-order valence-electron chi connectivity index (χ4n) is 2.04. The number of hydrogen-bond acceptors (Lipinski definition) is 2. The third kappa shape index (κ3) is 2.61. The molecule has 2 atom stereocenters. The molecule has 0 saturated carbocycles. The van der Waals surface area contributed by atoms with E-state index in [4.69, 9.17) is 17.3 Å². The Bertz CT molecular complexity index is 199. The number of alkyl halides is 1. The van der Waals surface area contributed by atoms with E-state index in [0.29, 0.717) is 30.8 Å². The molecule has 0 aromatic rings. The van der Waals surface area contributed by atoms with Crippen molar-refractivity contribution in [2.75, 3.05) is 19.0 Å². The number of carbonyl (C=O) groups is 1. The Morgan fingerprint density at radius 2 is 2.43 bits per heavy atom. The predicted octanol–water partition coefficient (Wildman–Crippen LogP) is 1.20. The first-order valence-electron chi connectivity index (χ1n) is 5.28. The van der Waals surface area contributed by atoms with Gasteiger partial charge in [0.05, 0.1) is 0 Å². The molecule has 1 amide bonds. The number of hydrogen-bond donors (Lipinski definition) is 1. The Kier molecular flexibility index (Phi) is 4.69. The summed E-state index contributed by atoms with van der Waals surface area (Å²) < 4.78 is 0. The summed E-state index contributed by atoms with van der Waals surface area (Å²) >= 11 is 5.76. The molecule has 2 N–H and O–H groups in total. The van der Waals surface area contributed by atoms with Crippen LogP contribution in [0.4, 0.5) is 0 Å². The molecule has 1 fully saturated rings. The van der Waals surface area contributed by atoms with Crippen LogP contribution in [0.5, 0.6) is 0 Å². The van der Waals surface area contributed by atoms with Gasteiger partial charge in [0, 0.05) is 24.9 Å². The summed E-state index contributed by atoms with van der Waals surface area (Å²) in [6.07, 6.45) is 2.50. The minimum absolute atomic E-state index is 0.246. The van der Waals surface area contributed by atoms with Crippen LogP contribution in [0.1, 0.15) is 26.2 Å². The van der Waals surface area contributed by atoms with Gasteiger partial charge in [-0.25, -0.2) is 0 Å². The molecule has 1 rings (SSSR count). The normalized spacial score (nSPS) is 24.4. The SMILES string of the molecule is CCC(CCN)N1CC(CCl)CC1=O. The van der Waals surface area contributed by atoms with Crippen molar-refractivity contribution >= 4 is 17.5 Å². The molecule has 1 saturated heterocycles. The molecular weight excluding hydrogens is 200 g/mol. The van der Waals surface area contributed by atoms with E-state index in [1.807, 2.05) is 4.90 Å². The summed E-state index contributed by atoms with van der Waals surface area (Å²) in [5.41, 5.74) is 5.52. The molecule has 82 valence electrons. The summed E-state index contributed by atoms with van der Waals surface area (Å²) in [5.74, 6) is 1.17. The number of likely N-dealkylation sites (tertiary alicyclic amines) is 1. The lowest BCUT2D eigenvalue weighted by molar-refractivity contribution is -0.129. The zero-order valence-electron chi connectivity index (χ0n) is 8.71. The topological polar surface area (TPSA) is 46.3 Å².